The first-order chi connectivity index (χ1) is 7.70. The molecule has 4 heteroatoms. The number of para-hydroxylation sites is 1. The number of nitrogens with one attached hydrogen (secondary N) is 1. The second kappa shape index (κ2) is 5.66. The highest BCUT2D eigenvalue weighted by Gasteiger charge is 2.13. The zero-order chi connectivity index (χ0) is 12.0. The summed E-state index contributed by atoms with van der Waals surface area (Å²) < 4.78 is 5.08. The van der Waals surface area contributed by atoms with E-state index in [2.05, 4.69) is 11.2 Å². The summed E-state index contributed by atoms with van der Waals surface area (Å²) in [6, 6.07) is 5.03. The number of carbonyl (C=O) groups excluding carboxylic acids is 1. The van der Waals surface area contributed by atoms with Gasteiger partial charge in [0.2, 0.25) is 0 Å². The van der Waals surface area contributed by atoms with Gasteiger partial charge < -0.3 is 15.8 Å². The first-order valence-corrected chi connectivity index (χ1v) is 4.84. The molecule has 0 saturated heterocycles. The fraction of sp³-hybridized carbons (Fsp3) is 0.250. The highest BCUT2D eigenvalue weighted by atomic mass is 16.5. The van der Waals surface area contributed by atoms with Gasteiger partial charge in [0, 0.05) is 13.0 Å². The van der Waals surface area contributed by atoms with Crippen molar-refractivity contribution in [3.8, 4) is 18.1 Å². The molecular formula is C12H14N2O2. The molecule has 16 heavy (non-hydrogen) atoms. The van der Waals surface area contributed by atoms with E-state index in [0.717, 1.165) is 0 Å². The molecule has 0 radical (unpaired) electrons. The van der Waals surface area contributed by atoms with Crippen LogP contribution in [0, 0.1) is 12.3 Å². The lowest BCUT2D eigenvalue weighted by Crippen LogP contribution is -2.24. The lowest BCUT2D eigenvalue weighted by atomic mass is 10.1. The molecule has 4 nitrogen and oxygen atoms in total. The van der Waals surface area contributed by atoms with Crippen LogP contribution >= 0.6 is 0 Å². The van der Waals surface area contributed by atoms with Gasteiger partial charge in [-0.15, -0.1) is 12.3 Å². The molecule has 0 saturated carbocycles. The Bertz CT molecular complexity index is 422. The Balaban J connectivity index is 2.83. The SMILES string of the molecule is C#CCCNC(=O)c1cccc(N)c1OC. The van der Waals surface area contributed by atoms with Crippen molar-refractivity contribution in [2.45, 2.75) is 6.42 Å². The van der Waals surface area contributed by atoms with Gasteiger partial charge in [0.1, 0.15) is 0 Å². The number of amides is 1. The molecule has 1 amide bonds. The first kappa shape index (κ1) is 11.9. The van der Waals surface area contributed by atoms with Crippen molar-refractivity contribution < 1.29 is 9.53 Å². The molecule has 0 aliphatic carbocycles. The second-order valence-electron chi connectivity index (χ2n) is 3.14. The molecule has 0 aliphatic rings. The van der Waals surface area contributed by atoms with E-state index in [1.165, 1.54) is 7.11 Å². The summed E-state index contributed by atoms with van der Waals surface area (Å²) in [6.07, 6.45) is 5.58. The smallest absolute Gasteiger partial charge is 0.255 e. The molecular weight excluding hydrogens is 204 g/mol. The number of nitrogens with two attached hydrogens (primary N) is 1. The highest BCUT2D eigenvalue weighted by Crippen LogP contribution is 2.25. The number of ether oxygens (including phenoxy) is 1. The summed E-state index contributed by atoms with van der Waals surface area (Å²) in [5.41, 5.74) is 6.54. The van der Waals surface area contributed by atoms with Crippen molar-refractivity contribution in [3.05, 3.63) is 23.8 Å². The van der Waals surface area contributed by atoms with E-state index in [0.29, 0.717) is 30.0 Å². The molecule has 0 fully saturated rings. The molecule has 0 unspecified atom stereocenters. The molecule has 1 rings (SSSR count). The van der Waals surface area contributed by atoms with E-state index in [1.54, 1.807) is 18.2 Å². The van der Waals surface area contributed by atoms with Crippen molar-refractivity contribution in [1.82, 2.24) is 5.32 Å². The number of nitrogen functional groups attached to an aromatic ring is 1. The molecule has 84 valence electrons. The van der Waals surface area contributed by atoms with Gasteiger partial charge in [-0.3, -0.25) is 4.79 Å². The van der Waals surface area contributed by atoms with Gasteiger partial charge in [-0.1, -0.05) is 6.07 Å². The number of anilines is 1. The van der Waals surface area contributed by atoms with Crippen molar-refractivity contribution in [3.63, 3.8) is 0 Å². The summed E-state index contributed by atoms with van der Waals surface area (Å²) in [4.78, 5) is 11.7. The molecule has 0 spiro atoms. The Kier molecular flexibility index (Phi) is 4.22. The van der Waals surface area contributed by atoms with Gasteiger partial charge in [-0.2, -0.15) is 0 Å². The number of benzene rings is 1. The molecule has 0 bridgehead atoms. The number of rotatable bonds is 4. The van der Waals surface area contributed by atoms with Crippen LogP contribution in [0.3, 0.4) is 0 Å². The Hall–Kier alpha value is -2.15. The summed E-state index contributed by atoms with van der Waals surface area (Å²) in [5, 5.41) is 2.68. The summed E-state index contributed by atoms with van der Waals surface area (Å²) in [7, 11) is 1.48. The molecule has 0 heterocycles. The molecule has 3 N–H and O–H groups in total. The number of carbonyl (C=O) groups is 1. The quantitative estimate of drug-likeness (QED) is 0.450. The maximum Gasteiger partial charge on any atom is 0.255 e. The van der Waals surface area contributed by atoms with E-state index in [-0.39, 0.29) is 5.91 Å². The minimum atomic E-state index is -0.237. The molecule has 0 aliphatic heterocycles. The van der Waals surface area contributed by atoms with E-state index in [1.807, 2.05) is 0 Å². The van der Waals surface area contributed by atoms with Gasteiger partial charge in [-0.05, 0) is 12.1 Å². The van der Waals surface area contributed by atoms with Crippen molar-refractivity contribution in [2.75, 3.05) is 19.4 Å². The zero-order valence-corrected chi connectivity index (χ0v) is 9.12. The van der Waals surface area contributed by atoms with Crippen molar-refractivity contribution >= 4 is 11.6 Å². The van der Waals surface area contributed by atoms with E-state index < -0.39 is 0 Å². The van der Waals surface area contributed by atoms with Crippen LogP contribution in [0.15, 0.2) is 18.2 Å². The van der Waals surface area contributed by atoms with Crippen molar-refractivity contribution in [2.24, 2.45) is 0 Å². The fourth-order valence-electron chi connectivity index (χ4n) is 1.30. The predicted molar refractivity (Wildman–Crippen MR) is 63.2 cm³/mol. The van der Waals surface area contributed by atoms with Gasteiger partial charge in [-0.25, -0.2) is 0 Å². The van der Waals surface area contributed by atoms with Crippen LogP contribution < -0.4 is 15.8 Å². The summed E-state index contributed by atoms with van der Waals surface area (Å²) in [6.45, 7) is 0.438. The van der Waals surface area contributed by atoms with Crippen molar-refractivity contribution in [1.29, 1.82) is 0 Å². The Morgan fingerprint density at radius 2 is 2.38 bits per heavy atom. The number of methoxy groups -OCH3 is 1. The number of hydrogen-bond acceptors (Lipinski definition) is 3. The lowest BCUT2D eigenvalue weighted by Gasteiger charge is -2.10. The largest absolute Gasteiger partial charge is 0.494 e. The Morgan fingerprint density at radius 1 is 1.62 bits per heavy atom. The zero-order valence-electron chi connectivity index (χ0n) is 9.12. The molecule has 0 atom stereocenters. The number of terminal acetylenes is 1. The molecule has 0 aromatic heterocycles. The van der Waals surface area contributed by atoms with Crippen LogP contribution in [0.1, 0.15) is 16.8 Å². The van der Waals surface area contributed by atoms with E-state index in [9.17, 15) is 4.79 Å². The predicted octanol–water partition coefficient (Wildman–Crippen LogP) is 1.03. The molecule has 1 aromatic rings. The van der Waals surface area contributed by atoms with E-state index in [4.69, 9.17) is 16.9 Å². The molecule has 1 aromatic carbocycles. The third-order valence-electron chi connectivity index (χ3n) is 2.05. The monoisotopic (exact) mass is 218 g/mol. The van der Waals surface area contributed by atoms with Crippen LogP contribution in [-0.4, -0.2) is 19.6 Å². The van der Waals surface area contributed by atoms with Crippen LogP contribution in [0.4, 0.5) is 5.69 Å². The van der Waals surface area contributed by atoms with Gasteiger partial charge in [0.25, 0.3) is 5.91 Å². The Morgan fingerprint density at radius 3 is 3.00 bits per heavy atom. The third-order valence-corrected chi connectivity index (χ3v) is 2.05. The normalized spacial score (nSPS) is 9.25. The fourth-order valence-corrected chi connectivity index (χ4v) is 1.30. The van der Waals surface area contributed by atoms with Crippen LogP contribution in [0.5, 0.6) is 5.75 Å². The first-order valence-electron chi connectivity index (χ1n) is 4.84. The van der Waals surface area contributed by atoms with Crippen LogP contribution in [0.25, 0.3) is 0 Å². The third kappa shape index (κ3) is 2.67. The van der Waals surface area contributed by atoms with Gasteiger partial charge >= 0.3 is 0 Å². The lowest BCUT2D eigenvalue weighted by molar-refractivity contribution is 0.0951. The minimum Gasteiger partial charge on any atom is -0.494 e. The number of hydrogen-bond donors (Lipinski definition) is 2. The second-order valence-corrected chi connectivity index (χ2v) is 3.14. The maximum atomic E-state index is 11.7. The Labute approximate surface area is 94.8 Å². The average molecular weight is 218 g/mol. The van der Waals surface area contributed by atoms with Gasteiger partial charge in [0.05, 0.1) is 18.4 Å². The van der Waals surface area contributed by atoms with Gasteiger partial charge in [0.15, 0.2) is 5.75 Å². The summed E-state index contributed by atoms with van der Waals surface area (Å²) >= 11 is 0. The maximum absolute atomic E-state index is 11.7. The van der Waals surface area contributed by atoms with E-state index >= 15 is 0 Å². The summed E-state index contributed by atoms with van der Waals surface area (Å²) in [5.74, 6) is 2.60. The minimum absolute atomic E-state index is 0.237. The standard InChI is InChI=1S/C12H14N2O2/c1-3-4-8-14-12(15)9-6-5-7-10(13)11(9)16-2/h1,5-7H,4,8,13H2,2H3,(H,14,15). The van der Waals surface area contributed by atoms with Crippen LogP contribution in [0.2, 0.25) is 0 Å². The average Bonchev–Trinajstić information content (AvgIpc) is 2.29. The van der Waals surface area contributed by atoms with Crippen LogP contribution in [-0.2, 0) is 0 Å². The topological polar surface area (TPSA) is 64.4 Å². The highest BCUT2D eigenvalue weighted by molar-refractivity contribution is 5.98.